The zero-order valence-corrected chi connectivity index (χ0v) is 18.8. The van der Waals surface area contributed by atoms with Crippen LogP contribution in [0, 0.1) is 0 Å². The number of amides is 2. The minimum absolute atomic E-state index is 0.107. The number of dihydropyridines is 1. The zero-order chi connectivity index (χ0) is 22.8. The normalized spacial score (nSPS) is 22.7. The molecule has 1 unspecified atom stereocenters. The van der Waals surface area contributed by atoms with Crippen molar-refractivity contribution in [2.45, 2.75) is 50.7 Å². The molecular formula is C24H31N5O4. The number of urea groups is 1. The van der Waals surface area contributed by atoms with Crippen molar-refractivity contribution in [2.75, 3.05) is 32.8 Å². The molecule has 5 heterocycles. The van der Waals surface area contributed by atoms with Gasteiger partial charge in [0.15, 0.2) is 0 Å². The van der Waals surface area contributed by atoms with Crippen molar-refractivity contribution in [3.05, 3.63) is 46.9 Å². The molecule has 4 aliphatic rings. The second kappa shape index (κ2) is 9.43. The van der Waals surface area contributed by atoms with E-state index in [0.717, 1.165) is 37.9 Å². The molecule has 33 heavy (non-hydrogen) atoms. The van der Waals surface area contributed by atoms with Gasteiger partial charge in [-0.3, -0.25) is 15.1 Å². The van der Waals surface area contributed by atoms with E-state index >= 15 is 0 Å². The number of hydrogen-bond donors (Lipinski definition) is 3. The molecule has 176 valence electrons. The molecule has 2 saturated heterocycles. The number of piperidine rings is 1. The van der Waals surface area contributed by atoms with Crippen LogP contribution in [0.4, 0.5) is 4.79 Å². The number of allylic oxidation sites excluding steroid dienone is 3. The average molecular weight is 454 g/mol. The van der Waals surface area contributed by atoms with Crippen molar-refractivity contribution in [1.82, 2.24) is 25.4 Å². The van der Waals surface area contributed by atoms with Crippen molar-refractivity contribution in [3.8, 4) is 5.75 Å². The van der Waals surface area contributed by atoms with Gasteiger partial charge in [-0.15, -0.1) is 0 Å². The summed E-state index contributed by atoms with van der Waals surface area (Å²) in [6, 6.07) is 1.19. The van der Waals surface area contributed by atoms with Crippen molar-refractivity contribution >= 4 is 12.0 Å². The van der Waals surface area contributed by atoms with E-state index in [0.29, 0.717) is 37.6 Å². The van der Waals surface area contributed by atoms with E-state index in [1.54, 1.807) is 11.1 Å². The van der Waals surface area contributed by atoms with Crippen LogP contribution in [0.2, 0.25) is 0 Å². The lowest BCUT2D eigenvalue weighted by molar-refractivity contribution is -0.138. The van der Waals surface area contributed by atoms with E-state index in [1.165, 1.54) is 17.7 Å². The number of carbonyl (C=O) groups excluding carboxylic acids is 1. The Morgan fingerprint density at radius 2 is 2.21 bits per heavy atom. The Morgan fingerprint density at radius 1 is 1.30 bits per heavy atom. The Morgan fingerprint density at radius 3 is 3.09 bits per heavy atom. The maximum absolute atomic E-state index is 13.2. The first-order valence-electron chi connectivity index (χ1n) is 11.9. The molecule has 0 radical (unpaired) electrons. The van der Waals surface area contributed by atoms with E-state index in [4.69, 9.17) is 4.74 Å². The van der Waals surface area contributed by atoms with Crippen LogP contribution in [0.1, 0.15) is 49.4 Å². The molecule has 3 N–H and O–H groups in total. The number of ether oxygens (including phenoxy) is 1. The van der Waals surface area contributed by atoms with E-state index in [1.807, 2.05) is 11.0 Å². The fourth-order valence-corrected chi connectivity index (χ4v) is 5.11. The molecule has 0 spiro atoms. The van der Waals surface area contributed by atoms with Gasteiger partial charge in [-0.05, 0) is 55.5 Å². The summed E-state index contributed by atoms with van der Waals surface area (Å²) in [6.45, 7) is 3.38. The summed E-state index contributed by atoms with van der Waals surface area (Å²) in [5.74, 6) is -0.240. The van der Waals surface area contributed by atoms with Crippen LogP contribution < -0.4 is 15.4 Å². The lowest BCUT2D eigenvalue weighted by atomic mass is 9.99. The van der Waals surface area contributed by atoms with Gasteiger partial charge in [-0.1, -0.05) is 6.08 Å². The van der Waals surface area contributed by atoms with Gasteiger partial charge in [0, 0.05) is 37.9 Å². The fraction of sp³-hybridized carbons (Fsp3) is 0.542. The number of rotatable bonds is 8. The summed E-state index contributed by atoms with van der Waals surface area (Å²) in [5, 5.41) is 16.6. The number of aliphatic carboxylic acids is 1. The van der Waals surface area contributed by atoms with Gasteiger partial charge in [-0.25, -0.2) is 4.79 Å². The Bertz CT molecular complexity index is 991. The summed E-state index contributed by atoms with van der Waals surface area (Å²) in [4.78, 5) is 32.7. The molecule has 4 aliphatic heterocycles. The number of pyridine rings is 1. The first kappa shape index (κ1) is 21.8. The van der Waals surface area contributed by atoms with E-state index < -0.39 is 12.0 Å². The maximum Gasteiger partial charge on any atom is 0.320 e. The van der Waals surface area contributed by atoms with Crippen molar-refractivity contribution in [2.24, 2.45) is 0 Å². The van der Waals surface area contributed by atoms with Crippen LogP contribution in [0.15, 0.2) is 35.7 Å². The zero-order valence-electron chi connectivity index (χ0n) is 18.8. The quantitative estimate of drug-likeness (QED) is 0.554. The van der Waals surface area contributed by atoms with Crippen LogP contribution in [0.25, 0.3) is 0 Å². The largest absolute Gasteiger partial charge is 0.491 e. The SMILES string of the molecule is O=C(O)C[C@H](c1cnc2c(c1)OCC2)N1CCN(CCCC2=CC=C3CCCNC3N2)C1=O. The number of hydrogen-bond acceptors (Lipinski definition) is 6. The summed E-state index contributed by atoms with van der Waals surface area (Å²) >= 11 is 0. The van der Waals surface area contributed by atoms with E-state index in [9.17, 15) is 14.7 Å². The van der Waals surface area contributed by atoms with Gasteiger partial charge in [0.25, 0.3) is 0 Å². The van der Waals surface area contributed by atoms with Gasteiger partial charge >= 0.3 is 12.0 Å². The highest BCUT2D eigenvalue weighted by Gasteiger charge is 2.36. The number of fused-ring (bicyclic) bond motifs is 2. The Balaban J connectivity index is 1.20. The van der Waals surface area contributed by atoms with Gasteiger partial charge in [0.2, 0.25) is 0 Å². The first-order chi connectivity index (χ1) is 16.1. The minimum Gasteiger partial charge on any atom is -0.491 e. The minimum atomic E-state index is -0.938. The molecule has 9 nitrogen and oxygen atoms in total. The third-order valence-electron chi connectivity index (χ3n) is 6.87. The Hall–Kier alpha value is -3.07. The highest BCUT2D eigenvalue weighted by Crippen LogP contribution is 2.33. The lowest BCUT2D eigenvalue weighted by Gasteiger charge is -2.32. The predicted molar refractivity (Wildman–Crippen MR) is 122 cm³/mol. The van der Waals surface area contributed by atoms with Gasteiger partial charge in [-0.2, -0.15) is 0 Å². The monoisotopic (exact) mass is 453 g/mol. The molecule has 0 aromatic carbocycles. The first-order valence-corrected chi connectivity index (χ1v) is 11.9. The summed E-state index contributed by atoms with van der Waals surface area (Å²) in [5.41, 5.74) is 4.20. The number of nitrogens with one attached hydrogen (secondary N) is 2. The summed E-state index contributed by atoms with van der Waals surface area (Å²) < 4.78 is 5.61. The van der Waals surface area contributed by atoms with Gasteiger partial charge in [0.05, 0.1) is 30.9 Å². The smallest absolute Gasteiger partial charge is 0.320 e. The van der Waals surface area contributed by atoms with Gasteiger partial charge < -0.3 is 25.0 Å². The molecule has 9 heteroatoms. The number of carboxylic acid groups (broad SMARTS) is 1. The average Bonchev–Trinajstić information content (AvgIpc) is 3.43. The summed E-state index contributed by atoms with van der Waals surface area (Å²) in [6.07, 6.45) is 11.0. The van der Waals surface area contributed by atoms with Crippen molar-refractivity contribution < 1.29 is 19.4 Å². The van der Waals surface area contributed by atoms with Crippen LogP contribution >= 0.6 is 0 Å². The second-order valence-corrected chi connectivity index (χ2v) is 9.06. The van der Waals surface area contributed by atoms with E-state index in [2.05, 4.69) is 27.8 Å². The highest BCUT2D eigenvalue weighted by atomic mass is 16.5. The molecule has 0 saturated carbocycles. The highest BCUT2D eigenvalue weighted by molar-refractivity contribution is 5.78. The molecule has 0 bridgehead atoms. The van der Waals surface area contributed by atoms with Crippen LogP contribution in [-0.2, 0) is 11.2 Å². The number of carboxylic acids is 1. The lowest BCUT2D eigenvalue weighted by Crippen LogP contribution is -2.47. The summed E-state index contributed by atoms with van der Waals surface area (Å²) in [7, 11) is 0. The molecule has 2 fully saturated rings. The topological polar surface area (TPSA) is 107 Å². The van der Waals surface area contributed by atoms with Gasteiger partial charge in [0.1, 0.15) is 5.75 Å². The third kappa shape index (κ3) is 4.68. The molecule has 1 aromatic heterocycles. The molecule has 2 atom stereocenters. The molecule has 0 aliphatic carbocycles. The fourth-order valence-electron chi connectivity index (χ4n) is 5.11. The standard InChI is InChI=1S/C24H31N5O4/c30-22(31)14-20(17-13-21-19(26-15-17)7-12-33-21)29-11-10-28(24(29)32)9-2-4-18-6-5-16-3-1-8-25-23(16)27-18/h5-6,13,15,20,23,25,27H,1-4,7-12,14H2,(H,30,31)/t20-,23?/m1/s1. The molecular weight excluding hydrogens is 422 g/mol. The van der Waals surface area contributed by atoms with Crippen LogP contribution in [0.3, 0.4) is 0 Å². The number of aromatic nitrogens is 1. The molecule has 5 rings (SSSR count). The number of carbonyl (C=O) groups is 2. The Labute approximate surface area is 193 Å². The molecule has 1 aromatic rings. The van der Waals surface area contributed by atoms with Crippen LogP contribution in [0.5, 0.6) is 5.75 Å². The van der Waals surface area contributed by atoms with Crippen molar-refractivity contribution in [3.63, 3.8) is 0 Å². The van der Waals surface area contributed by atoms with Crippen LogP contribution in [-0.4, -0.2) is 70.8 Å². The third-order valence-corrected chi connectivity index (χ3v) is 6.87. The predicted octanol–water partition coefficient (Wildman–Crippen LogP) is 2.17. The van der Waals surface area contributed by atoms with Crippen molar-refractivity contribution in [1.29, 1.82) is 0 Å². The Kier molecular flexibility index (Phi) is 6.22. The number of nitrogens with zero attached hydrogens (tertiary/aromatic N) is 3. The maximum atomic E-state index is 13.2. The molecule has 2 amide bonds. The second-order valence-electron chi connectivity index (χ2n) is 9.06. The van der Waals surface area contributed by atoms with E-state index in [-0.39, 0.29) is 18.6 Å².